The monoisotopic (exact) mass is 186 g/mol. The van der Waals surface area contributed by atoms with Crippen LogP contribution in [-0.2, 0) is 14.3 Å². The number of carbonyl (C=O) groups is 2. The molecule has 5 heteroatoms. The zero-order valence-electron chi connectivity index (χ0n) is 7.63. The third-order valence-electron chi connectivity index (χ3n) is 1.78. The van der Waals surface area contributed by atoms with E-state index in [1.807, 2.05) is 6.92 Å². The molecule has 2 amide bonds. The maximum Gasteiger partial charge on any atom is 0.246 e. The second-order valence-corrected chi connectivity index (χ2v) is 2.91. The summed E-state index contributed by atoms with van der Waals surface area (Å²) in [7, 11) is 0. The lowest BCUT2D eigenvalue weighted by Gasteiger charge is -2.09. The third-order valence-corrected chi connectivity index (χ3v) is 1.78. The van der Waals surface area contributed by atoms with Crippen LogP contribution >= 0.6 is 0 Å². The fourth-order valence-electron chi connectivity index (χ4n) is 1.17. The first kappa shape index (κ1) is 9.98. The number of hydrogen-bond donors (Lipinski definition) is 2. The van der Waals surface area contributed by atoms with Gasteiger partial charge in [0, 0.05) is 19.6 Å². The van der Waals surface area contributed by atoms with Crippen molar-refractivity contribution in [2.75, 3.05) is 19.8 Å². The first-order valence-electron chi connectivity index (χ1n) is 4.36. The van der Waals surface area contributed by atoms with Gasteiger partial charge in [-0.05, 0) is 6.92 Å². The average molecular weight is 186 g/mol. The fraction of sp³-hybridized carbons (Fsp3) is 0.750. The summed E-state index contributed by atoms with van der Waals surface area (Å²) in [5.74, 6) is -0.176. The Bertz CT molecular complexity index is 206. The Kier molecular flexibility index (Phi) is 3.70. The Labute approximate surface area is 76.8 Å². The molecule has 0 spiro atoms. The van der Waals surface area contributed by atoms with Crippen molar-refractivity contribution in [3.63, 3.8) is 0 Å². The van der Waals surface area contributed by atoms with Crippen molar-refractivity contribution in [2.24, 2.45) is 0 Å². The lowest BCUT2D eigenvalue weighted by atomic mass is 10.2. The molecule has 13 heavy (non-hydrogen) atoms. The van der Waals surface area contributed by atoms with E-state index in [4.69, 9.17) is 4.74 Å². The summed E-state index contributed by atoms with van der Waals surface area (Å²) in [6.45, 7) is 2.95. The summed E-state index contributed by atoms with van der Waals surface area (Å²) in [5.41, 5.74) is 0. The molecule has 5 nitrogen and oxygen atoms in total. The molecule has 0 bridgehead atoms. The van der Waals surface area contributed by atoms with Crippen molar-refractivity contribution >= 4 is 11.8 Å². The van der Waals surface area contributed by atoms with E-state index in [0.717, 1.165) is 0 Å². The van der Waals surface area contributed by atoms with Gasteiger partial charge in [-0.3, -0.25) is 9.59 Å². The van der Waals surface area contributed by atoms with Gasteiger partial charge in [-0.15, -0.1) is 0 Å². The van der Waals surface area contributed by atoms with Gasteiger partial charge in [-0.2, -0.15) is 0 Å². The van der Waals surface area contributed by atoms with Crippen LogP contribution in [0, 0.1) is 0 Å². The van der Waals surface area contributed by atoms with Gasteiger partial charge in [-0.25, -0.2) is 0 Å². The minimum absolute atomic E-state index is 0.0123. The highest BCUT2D eigenvalue weighted by Gasteiger charge is 2.22. The largest absolute Gasteiger partial charge is 0.372 e. The number of amides is 2. The lowest BCUT2D eigenvalue weighted by molar-refractivity contribution is -0.126. The van der Waals surface area contributed by atoms with E-state index in [-0.39, 0.29) is 24.5 Å². The Hall–Kier alpha value is -1.10. The lowest BCUT2D eigenvalue weighted by Crippen LogP contribution is -2.38. The molecule has 1 atom stereocenters. The standard InChI is InChI=1S/C8H14N2O3/c1-2-13-5-8(12)10-6-3-7(11)9-4-6/h6H,2-5H2,1H3,(H,9,11)(H,10,12)/t6-/m0/s1. The highest BCUT2D eigenvalue weighted by atomic mass is 16.5. The summed E-state index contributed by atoms with van der Waals surface area (Å²) < 4.78 is 4.92. The molecule has 1 aliphatic heterocycles. The Morgan fingerprint density at radius 3 is 3.08 bits per heavy atom. The van der Waals surface area contributed by atoms with Crippen LogP contribution in [0.1, 0.15) is 13.3 Å². The van der Waals surface area contributed by atoms with Crippen LogP contribution in [0.15, 0.2) is 0 Å². The molecule has 0 aromatic rings. The minimum Gasteiger partial charge on any atom is -0.372 e. The van der Waals surface area contributed by atoms with Gasteiger partial charge in [-0.1, -0.05) is 0 Å². The zero-order chi connectivity index (χ0) is 9.68. The van der Waals surface area contributed by atoms with Crippen LogP contribution in [0.4, 0.5) is 0 Å². The molecule has 0 aromatic carbocycles. The summed E-state index contributed by atoms with van der Waals surface area (Å²) in [6.07, 6.45) is 0.373. The highest BCUT2D eigenvalue weighted by molar-refractivity contribution is 5.82. The molecular weight excluding hydrogens is 172 g/mol. The van der Waals surface area contributed by atoms with E-state index in [1.54, 1.807) is 0 Å². The van der Waals surface area contributed by atoms with Gasteiger partial charge in [0.2, 0.25) is 11.8 Å². The van der Waals surface area contributed by atoms with Gasteiger partial charge in [0.1, 0.15) is 6.61 Å². The Morgan fingerprint density at radius 2 is 2.54 bits per heavy atom. The molecule has 2 N–H and O–H groups in total. The molecule has 1 fully saturated rings. The van der Waals surface area contributed by atoms with E-state index in [1.165, 1.54) is 0 Å². The molecule has 0 saturated carbocycles. The first-order valence-corrected chi connectivity index (χ1v) is 4.36. The molecular formula is C8H14N2O3. The summed E-state index contributed by atoms with van der Waals surface area (Å²) >= 11 is 0. The SMILES string of the molecule is CCOCC(=O)N[C@@H]1CNC(=O)C1. The summed E-state index contributed by atoms with van der Waals surface area (Å²) in [6, 6.07) is -0.0690. The number of ether oxygens (including phenoxy) is 1. The average Bonchev–Trinajstić information content (AvgIpc) is 2.48. The van der Waals surface area contributed by atoms with Gasteiger partial charge in [0.15, 0.2) is 0 Å². The normalized spacial score (nSPS) is 21.3. The van der Waals surface area contributed by atoms with Crippen LogP contribution in [-0.4, -0.2) is 37.6 Å². The van der Waals surface area contributed by atoms with E-state index in [2.05, 4.69) is 10.6 Å². The van der Waals surface area contributed by atoms with Gasteiger partial charge < -0.3 is 15.4 Å². The number of rotatable bonds is 4. The summed E-state index contributed by atoms with van der Waals surface area (Å²) in [4.78, 5) is 21.8. The van der Waals surface area contributed by atoms with Crippen molar-refractivity contribution in [2.45, 2.75) is 19.4 Å². The maximum absolute atomic E-state index is 11.1. The predicted octanol–water partition coefficient (Wildman–Crippen LogP) is -0.972. The van der Waals surface area contributed by atoms with Crippen molar-refractivity contribution in [1.29, 1.82) is 0 Å². The second-order valence-electron chi connectivity index (χ2n) is 2.91. The maximum atomic E-state index is 11.1. The quantitative estimate of drug-likeness (QED) is 0.593. The molecule has 1 aliphatic rings. The molecule has 0 unspecified atom stereocenters. The Morgan fingerprint density at radius 1 is 1.77 bits per heavy atom. The van der Waals surface area contributed by atoms with E-state index in [9.17, 15) is 9.59 Å². The van der Waals surface area contributed by atoms with Crippen molar-refractivity contribution in [3.05, 3.63) is 0 Å². The minimum atomic E-state index is -0.164. The number of carbonyl (C=O) groups excluding carboxylic acids is 2. The molecule has 74 valence electrons. The summed E-state index contributed by atoms with van der Waals surface area (Å²) in [5, 5.41) is 5.33. The molecule has 1 saturated heterocycles. The van der Waals surface area contributed by atoms with Crippen LogP contribution in [0.5, 0.6) is 0 Å². The molecule has 0 aliphatic carbocycles. The Balaban J connectivity index is 2.17. The van der Waals surface area contributed by atoms with Crippen molar-refractivity contribution in [3.8, 4) is 0 Å². The topological polar surface area (TPSA) is 67.4 Å². The van der Waals surface area contributed by atoms with Crippen molar-refractivity contribution in [1.82, 2.24) is 10.6 Å². The molecule has 0 radical (unpaired) electrons. The smallest absolute Gasteiger partial charge is 0.246 e. The zero-order valence-corrected chi connectivity index (χ0v) is 7.63. The first-order chi connectivity index (χ1) is 6.22. The van der Waals surface area contributed by atoms with Gasteiger partial charge >= 0.3 is 0 Å². The predicted molar refractivity (Wildman–Crippen MR) is 46.1 cm³/mol. The van der Waals surface area contributed by atoms with Crippen LogP contribution in [0.3, 0.4) is 0 Å². The third kappa shape index (κ3) is 3.42. The van der Waals surface area contributed by atoms with E-state index in [0.29, 0.717) is 19.6 Å². The van der Waals surface area contributed by atoms with Crippen LogP contribution in [0.2, 0.25) is 0 Å². The van der Waals surface area contributed by atoms with E-state index >= 15 is 0 Å². The molecule has 0 aromatic heterocycles. The number of nitrogens with one attached hydrogen (secondary N) is 2. The molecule has 1 rings (SSSR count). The van der Waals surface area contributed by atoms with Crippen LogP contribution in [0.25, 0.3) is 0 Å². The second kappa shape index (κ2) is 4.81. The van der Waals surface area contributed by atoms with E-state index < -0.39 is 0 Å². The van der Waals surface area contributed by atoms with Crippen molar-refractivity contribution < 1.29 is 14.3 Å². The highest BCUT2D eigenvalue weighted by Crippen LogP contribution is 1.98. The fourth-order valence-corrected chi connectivity index (χ4v) is 1.17. The number of hydrogen-bond acceptors (Lipinski definition) is 3. The van der Waals surface area contributed by atoms with Crippen LogP contribution < -0.4 is 10.6 Å². The van der Waals surface area contributed by atoms with Gasteiger partial charge in [0.05, 0.1) is 6.04 Å². The molecule has 1 heterocycles. The van der Waals surface area contributed by atoms with Gasteiger partial charge in [0.25, 0.3) is 0 Å².